The Morgan fingerprint density at radius 1 is 0.451 bits per heavy atom. The molecule has 0 N–H and O–H groups in total. The molecule has 3 aliphatic rings. The van der Waals surface area contributed by atoms with Crippen molar-refractivity contribution in [2.24, 2.45) is 0 Å². The Bertz CT molecular complexity index is 2790. The third-order valence-electron chi connectivity index (χ3n) is 10.6. The molecular weight excluding hydrogens is 623 g/mol. The summed E-state index contributed by atoms with van der Waals surface area (Å²) in [5.74, 6) is 2.82. The van der Waals surface area contributed by atoms with E-state index in [0.29, 0.717) is 17.5 Å². The molecule has 2 heterocycles. The van der Waals surface area contributed by atoms with Gasteiger partial charge in [0.25, 0.3) is 0 Å². The van der Waals surface area contributed by atoms with Crippen molar-refractivity contribution < 1.29 is 4.74 Å². The highest BCUT2D eigenvalue weighted by Gasteiger charge is 2.36. The summed E-state index contributed by atoms with van der Waals surface area (Å²) in [6.45, 7) is 0. The van der Waals surface area contributed by atoms with Crippen LogP contribution in [0.15, 0.2) is 164 Å². The molecule has 2 unspecified atom stereocenters. The molecule has 238 valence electrons. The number of benzene rings is 7. The average molecular weight is 652 g/mol. The first-order valence-corrected chi connectivity index (χ1v) is 17.4. The predicted octanol–water partition coefficient (Wildman–Crippen LogP) is 11.3. The largest absolute Gasteiger partial charge is 0.485 e. The molecule has 7 aromatic carbocycles. The zero-order valence-corrected chi connectivity index (χ0v) is 27.5. The molecule has 4 heteroatoms. The van der Waals surface area contributed by atoms with Crippen LogP contribution in [-0.2, 0) is 0 Å². The quantitative estimate of drug-likeness (QED) is 0.190. The Balaban J connectivity index is 1.10. The lowest BCUT2D eigenvalue weighted by Crippen LogP contribution is -2.17. The number of fused-ring (bicyclic) bond motifs is 7. The van der Waals surface area contributed by atoms with E-state index in [0.717, 1.165) is 33.4 Å². The third kappa shape index (κ3) is 4.43. The molecule has 1 aliphatic heterocycles. The van der Waals surface area contributed by atoms with E-state index in [-0.39, 0.29) is 12.0 Å². The van der Waals surface area contributed by atoms with Gasteiger partial charge in [-0.3, -0.25) is 0 Å². The van der Waals surface area contributed by atoms with Gasteiger partial charge in [0.05, 0.1) is 0 Å². The number of ether oxygens (including phenoxy) is 1. The summed E-state index contributed by atoms with van der Waals surface area (Å²) < 4.78 is 6.54. The van der Waals surface area contributed by atoms with Crippen molar-refractivity contribution in [1.82, 2.24) is 15.0 Å². The molecule has 11 rings (SSSR count). The van der Waals surface area contributed by atoms with Crippen molar-refractivity contribution in [3.63, 3.8) is 0 Å². The summed E-state index contributed by atoms with van der Waals surface area (Å²) in [4.78, 5) is 15.7. The van der Waals surface area contributed by atoms with Gasteiger partial charge in [-0.05, 0) is 79.2 Å². The van der Waals surface area contributed by atoms with Crippen LogP contribution in [0, 0.1) is 0 Å². The van der Waals surface area contributed by atoms with Crippen molar-refractivity contribution in [3.8, 4) is 62.2 Å². The maximum Gasteiger partial charge on any atom is 0.164 e. The minimum atomic E-state index is -0.0871. The first kappa shape index (κ1) is 28.2. The molecule has 0 fully saturated rings. The van der Waals surface area contributed by atoms with Gasteiger partial charge in [-0.15, -0.1) is 0 Å². The van der Waals surface area contributed by atoms with Gasteiger partial charge in [-0.25, -0.2) is 15.0 Å². The standard InChI is InChI=1S/C47H29N3O/c1-2-9-28(10-3-1)32-22-24-41-40(26-32)44-38(17-8-18-42(44)51-41)47-49-45(33-20-19-29-11-4-5-12-31(29)25-33)48-46(50-47)34-21-23-35-36-15-6-13-30-14-7-16-37(43(30)36)39(35)27-34/h1-27,40-41H. The monoisotopic (exact) mass is 651 g/mol. The van der Waals surface area contributed by atoms with Gasteiger partial charge in [0.1, 0.15) is 11.9 Å². The van der Waals surface area contributed by atoms with E-state index in [2.05, 4.69) is 158 Å². The second kappa shape index (κ2) is 10.9. The van der Waals surface area contributed by atoms with Crippen LogP contribution in [0.1, 0.15) is 17.0 Å². The third-order valence-corrected chi connectivity index (χ3v) is 10.6. The van der Waals surface area contributed by atoms with Crippen molar-refractivity contribution in [2.45, 2.75) is 12.0 Å². The van der Waals surface area contributed by atoms with Crippen molar-refractivity contribution in [2.75, 3.05) is 0 Å². The second-order valence-corrected chi connectivity index (χ2v) is 13.5. The Morgan fingerprint density at radius 3 is 1.96 bits per heavy atom. The first-order chi connectivity index (χ1) is 25.2. The van der Waals surface area contributed by atoms with Gasteiger partial charge in [-0.2, -0.15) is 0 Å². The zero-order valence-electron chi connectivity index (χ0n) is 27.5. The summed E-state index contributed by atoms with van der Waals surface area (Å²) in [7, 11) is 0. The van der Waals surface area contributed by atoms with E-state index in [4.69, 9.17) is 19.7 Å². The molecule has 2 aliphatic carbocycles. The summed E-state index contributed by atoms with van der Waals surface area (Å²) in [5.41, 5.74) is 11.3. The maximum atomic E-state index is 6.54. The highest BCUT2D eigenvalue weighted by molar-refractivity contribution is 6.15. The van der Waals surface area contributed by atoms with Gasteiger partial charge in [-0.1, -0.05) is 140 Å². The number of hydrogen-bond acceptors (Lipinski definition) is 4. The fourth-order valence-electron chi connectivity index (χ4n) is 8.19. The molecule has 0 bridgehead atoms. The maximum absolute atomic E-state index is 6.54. The number of nitrogens with zero attached hydrogens (tertiary/aromatic N) is 3. The van der Waals surface area contributed by atoms with Gasteiger partial charge in [0.2, 0.25) is 0 Å². The van der Waals surface area contributed by atoms with E-state index in [9.17, 15) is 0 Å². The van der Waals surface area contributed by atoms with Gasteiger partial charge >= 0.3 is 0 Å². The number of allylic oxidation sites excluding steroid dienone is 2. The van der Waals surface area contributed by atoms with Crippen LogP contribution in [0.3, 0.4) is 0 Å². The molecule has 2 atom stereocenters. The number of aromatic nitrogens is 3. The van der Waals surface area contributed by atoms with Crippen LogP contribution in [0.25, 0.3) is 83.5 Å². The zero-order chi connectivity index (χ0) is 33.5. The van der Waals surface area contributed by atoms with Gasteiger partial charge in [0.15, 0.2) is 17.5 Å². The Labute approximate surface area is 295 Å². The van der Waals surface area contributed by atoms with Crippen LogP contribution in [0.4, 0.5) is 0 Å². The second-order valence-electron chi connectivity index (χ2n) is 13.5. The van der Waals surface area contributed by atoms with Crippen molar-refractivity contribution in [3.05, 3.63) is 175 Å². The fraction of sp³-hybridized carbons (Fsp3) is 0.0426. The van der Waals surface area contributed by atoms with Crippen LogP contribution in [0.5, 0.6) is 5.75 Å². The Hall–Kier alpha value is -6.65. The lowest BCUT2D eigenvalue weighted by atomic mass is 9.84. The van der Waals surface area contributed by atoms with Crippen molar-refractivity contribution in [1.29, 1.82) is 0 Å². The minimum absolute atomic E-state index is 0.0275. The first-order valence-electron chi connectivity index (χ1n) is 17.4. The normalized spacial score (nSPS) is 16.4. The molecule has 0 amide bonds. The van der Waals surface area contributed by atoms with E-state index < -0.39 is 0 Å². The molecule has 0 spiro atoms. The summed E-state index contributed by atoms with van der Waals surface area (Å²) in [6, 6.07) is 51.3. The number of hydrogen-bond donors (Lipinski definition) is 0. The summed E-state index contributed by atoms with van der Waals surface area (Å²) >= 11 is 0. The van der Waals surface area contributed by atoms with E-state index >= 15 is 0 Å². The molecule has 0 radical (unpaired) electrons. The van der Waals surface area contributed by atoms with Crippen molar-refractivity contribution >= 4 is 27.1 Å². The molecule has 1 aromatic heterocycles. The van der Waals surface area contributed by atoms with E-state index in [1.165, 1.54) is 49.5 Å². The Morgan fingerprint density at radius 2 is 1.12 bits per heavy atom. The predicted molar refractivity (Wildman–Crippen MR) is 206 cm³/mol. The van der Waals surface area contributed by atoms with Crippen LogP contribution in [0.2, 0.25) is 0 Å². The summed E-state index contributed by atoms with van der Waals surface area (Å²) in [5, 5.41) is 4.88. The van der Waals surface area contributed by atoms with Gasteiger partial charge < -0.3 is 4.74 Å². The minimum Gasteiger partial charge on any atom is -0.485 e. The molecule has 4 nitrogen and oxygen atoms in total. The van der Waals surface area contributed by atoms with Crippen LogP contribution in [-0.4, -0.2) is 21.1 Å². The molecule has 0 saturated carbocycles. The highest BCUT2D eigenvalue weighted by Crippen LogP contribution is 2.49. The van der Waals surface area contributed by atoms with Crippen LogP contribution >= 0.6 is 0 Å². The lowest BCUT2D eigenvalue weighted by Gasteiger charge is -2.20. The van der Waals surface area contributed by atoms with Crippen LogP contribution < -0.4 is 4.74 Å². The Kier molecular flexibility index (Phi) is 6.05. The van der Waals surface area contributed by atoms with E-state index in [1.807, 2.05) is 6.07 Å². The van der Waals surface area contributed by atoms with Gasteiger partial charge in [0, 0.05) is 28.2 Å². The fourth-order valence-corrected chi connectivity index (χ4v) is 8.19. The van der Waals surface area contributed by atoms with E-state index in [1.54, 1.807) is 0 Å². The SMILES string of the molecule is C1=CC2Oc3cccc(-c4nc(-c5ccc6c(c5)-c5cccc7cccc-6c57)nc(-c5ccc6ccccc6c5)n4)c3C2C=C1c1ccccc1. The molecule has 51 heavy (non-hydrogen) atoms. The average Bonchev–Trinajstić information content (AvgIpc) is 3.74. The molecule has 0 saturated heterocycles. The highest BCUT2D eigenvalue weighted by atomic mass is 16.5. The summed E-state index contributed by atoms with van der Waals surface area (Å²) in [6.07, 6.45) is 6.60. The molecule has 8 aromatic rings. The number of rotatable bonds is 4. The smallest absolute Gasteiger partial charge is 0.164 e. The topological polar surface area (TPSA) is 47.9 Å². The molecular formula is C47H29N3O. The lowest BCUT2D eigenvalue weighted by molar-refractivity contribution is 0.269.